The Bertz CT molecular complexity index is 883. The number of hydrogen-bond acceptors (Lipinski definition) is 3. The molecule has 0 radical (unpaired) electrons. The molecule has 0 bridgehead atoms. The largest absolute Gasteiger partial charge is 0.381 e. The molecular formula is C20H25N3O3. The third-order valence-corrected chi connectivity index (χ3v) is 5.86. The molecule has 1 spiro atoms. The average molecular weight is 355 g/mol. The lowest BCUT2D eigenvalue weighted by atomic mass is 9.63. The van der Waals surface area contributed by atoms with Crippen molar-refractivity contribution >= 4 is 22.5 Å². The predicted octanol–water partition coefficient (Wildman–Crippen LogP) is 3.20. The van der Waals surface area contributed by atoms with Crippen LogP contribution in [0.15, 0.2) is 35.3 Å². The fourth-order valence-corrected chi connectivity index (χ4v) is 4.70. The number of nitrogens with one attached hydrogen (secondary N) is 2. The molecule has 1 atom stereocenters. The Hall–Kier alpha value is -2.34. The van der Waals surface area contributed by atoms with E-state index < -0.39 is 0 Å². The van der Waals surface area contributed by atoms with Crippen LogP contribution in [-0.4, -0.2) is 41.7 Å². The zero-order valence-corrected chi connectivity index (χ0v) is 15.2. The van der Waals surface area contributed by atoms with Crippen LogP contribution in [0.4, 0.5) is 10.5 Å². The first-order valence-corrected chi connectivity index (χ1v) is 9.27. The summed E-state index contributed by atoms with van der Waals surface area (Å²) in [6.45, 7) is 6.70. The van der Waals surface area contributed by atoms with Gasteiger partial charge in [0.05, 0.1) is 0 Å². The monoisotopic (exact) mass is 355 g/mol. The summed E-state index contributed by atoms with van der Waals surface area (Å²) in [5.41, 5.74) is 0.697. The minimum absolute atomic E-state index is 0.0903. The fraction of sp³-hybridized carbons (Fsp3) is 0.500. The number of H-pyrrole nitrogens is 1. The van der Waals surface area contributed by atoms with Crippen LogP contribution in [-0.2, 0) is 4.74 Å². The van der Waals surface area contributed by atoms with Crippen LogP contribution >= 0.6 is 0 Å². The first kappa shape index (κ1) is 17.1. The number of nitrogens with zero attached hydrogens (tertiary/aromatic N) is 1. The summed E-state index contributed by atoms with van der Waals surface area (Å²) in [6.07, 6.45) is 3.67. The average Bonchev–Trinajstić information content (AvgIpc) is 2.61. The Labute approximate surface area is 152 Å². The molecule has 26 heavy (non-hydrogen) atoms. The summed E-state index contributed by atoms with van der Waals surface area (Å²) in [5, 5.41) is 4.41. The number of likely N-dealkylation sites (tertiary alicyclic amines) is 1. The normalized spacial score (nSPS) is 21.8. The molecule has 2 amide bonds. The standard InChI is InChI=1S/C20H25N3O3/c1-13(2)17-20(6-9-26-10-7-20)12-23(17)19(25)22-15-4-3-14-5-8-21-18(24)16(14)11-15/h3-5,8,11,13,17H,6-7,9-10,12H2,1-2H3,(H,21,24)(H,22,25). The number of pyridine rings is 1. The molecule has 2 aliphatic heterocycles. The maximum absolute atomic E-state index is 12.9. The Morgan fingerprint density at radius 3 is 2.81 bits per heavy atom. The number of carbonyl (C=O) groups is 1. The van der Waals surface area contributed by atoms with Crippen molar-refractivity contribution in [2.24, 2.45) is 11.3 Å². The van der Waals surface area contributed by atoms with Gasteiger partial charge < -0.3 is 19.9 Å². The molecule has 2 aliphatic rings. The zero-order valence-electron chi connectivity index (χ0n) is 15.2. The van der Waals surface area contributed by atoms with Gasteiger partial charge in [-0.2, -0.15) is 0 Å². The van der Waals surface area contributed by atoms with Gasteiger partial charge >= 0.3 is 6.03 Å². The number of amides is 2. The molecular weight excluding hydrogens is 330 g/mol. The van der Waals surface area contributed by atoms with Crippen molar-refractivity contribution in [1.82, 2.24) is 9.88 Å². The lowest BCUT2D eigenvalue weighted by Crippen LogP contribution is -2.70. The number of ether oxygens (including phenoxy) is 1. The van der Waals surface area contributed by atoms with Crippen molar-refractivity contribution in [3.8, 4) is 0 Å². The topological polar surface area (TPSA) is 74.4 Å². The second kappa shape index (κ2) is 6.43. The first-order chi connectivity index (χ1) is 12.5. The zero-order chi connectivity index (χ0) is 18.3. The number of aromatic nitrogens is 1. The molecule has 3 heterocycles. The molecule has 0 aliphatic carbocycles. The fourth-order valence-electron chi connectivity index (χ4n) is 4.70. The van der Waals surface area contributed by atoms with E-state index >= 15 is 0 Å². The summed E-state index contributed by atoms with van der Waals surface area (Å²) < 4.78 is 5.52. The number of rotatable bonds is 2. The van der Waals surface area contributed by atoms with Gasteiger partial charge in [0.15, 0.2) is 0 Å². The van der Waals surface area contributed by atoms with E-state index in [-0.39, 0.29) is 23.0 Å². The number of carbonyl (C=O) groups excluding carboxylic acids is 1. The Morgan fingerprint density at radius 2 is 2.08 bits per heavy atom. The highest BCUT2D eigenvalue weighted by atomic mass is 16.5. The van der Waals surface area contributed by atoms with Gasteiger partial charge in [0.1, 0.15) is 0 Å². The van der Waals surface area contributed by atoms with Gasteiger partial charge in [-0.3, -0.25) is 4.79 Å². The van der Waals surface area contributed by atoms with Crippen LogP contribution < -0.4 is 10.9 Å². The van der Waals surface area contributed by atoms with Crippen LogP contribution in [0.1, 0.15) is 26.7 Å². The lowest BCUT2D eigenvalue weighted by molar-refractivity contribution is -0.122. The third-order valence-electron chi connectivity index (χ3n) is 5.86. The van der Waals surface area contributed by atoms with Gasteiger partial charge in [-0.05, 0) is 42.3 Å². The molecule has 2 saturated heterocycles. The van der Waals surface area contributed by atoms with E-state index in [0.29, 0.717) is 17.0 Å². The van der Waals surface area contributed by atoms with E-state index in [9.17, 15) is 9.59 Å². The summed E-state index contributed by atoms with van der Waals surface area (Å²) in [4.78, 5) is 29.4. The van der Waals surface area contributed by atoms with Gasteiger partial charge in [-0.1, -0.05) is 19.9 Å². The minimum atomic E-state index is -0.149. The number of hydrogen-bond donors (Lipinski definition) is 2. The summed E-state index contributed by atoms with van der Waals surface area (Å²) in [7, 11) is 0. The minimum Gasteiger partial charge on any atom is -0.381 e. The van der Waals surface area contributed by atoms with E-state index in [1.807, 2.05) is 23.1 Å². The third kappa shape index (κ3) is 2.78. The highest BCUT2D eigenvalue weighted by Crippen LogP contribution is 2.48. The molecule has 1 aromatic heterocycles. The van der Waals surface area contributed by atoms with Gasteiger partial charge in [0.25, 0.3) is 5.56 Å². The second-order valence-corrected chi connectivity index (χ2v) is 7.83. The molecule has 6 nitrogen and oxygen atoms in total. The Balaban J connectivity index is 1.53. The van der Waals surface area contributed by atoms with Crippen molar-refractivity contribution in [3.05, 3.63) is 40.8 Å². The SMILES string of the molecule is CC(C)C1N(C(=O)Nc2ccc3cc[nH]c(=O)c3c2)CC12CCOCC2. The molecule has 2 aromatic rings. The van der Waals surface area contributed by atoms with Gasteiger partial charge in [-0.25, -0.2) is 4.79 Å². The van der Waals surface area contributed by atoms with Crippen LogP contribution in [0, 0.1) is 11.3 Å². The van der Waals surface area contributed by atoms with E-state index in [1.165, 1.54) is 0 Å². The molecule has 0 saturated carbocycles. The van der Waals surface area contributed by atoms with Crippen LogP contribution in [0.2, 0.25) is 0 Å². The van der Waals surface area contributed by atoms with Gasteiger partial charge in [0.2, 0.25) is 0 Å². The van der Waals surface area contributed by atoms with Crippen molar-refractivity contribution in [2.45, 2.75) is 32.7 Å². The highest BCUT2D eigenvalue weighted by molar-refractivity contribution is 5.93. The summed E-state index contributed by atoms with van der Waals surface area (Å²) in [5.74, 6) is 0.395. The van der Waals surface area contributed by atoms with E-state index in [0.717, 1.165) is 38.0 Å². The van der Waals surface area contributed by atoms with Crippen molar-refractivity contribution in [1.29, 1.82) is 0 Å². The molecule has 4 rings (SSSR count). The quantitative estimate of drug-likeness (QED) is 0.869. The van der Waals surface area contributed by atoms with Crippen molar-refractivity contribution in [2.75, 3.05) is 25.1 Å². The molecule has 1 unspecified atom stereocenters. The molecule has 2 fully saturated rings. The lowest BCUT2D eigenvalue weighted by Gasteiger charge is -2.60. The summed E-state index contributed by atoms with van der Waals surface area (Å²) >= 11 is 0. The van der Waals surface area contributed by atoms with E-state index in [2.05, 4.69) is 24.1 Å². The number of aromatic amines is 1. The van der Waals surface area contributed by atoms with Gasteiger partial charge in [0, 0.05) is 48.5 Å². The van der Waals surface area contributed by atoms with Crippen molar-refractivity contribution < 1.29 is 9.53 Å². The predicted molar refractivity (Wildman–Crippen MR) is 101 cm³/mol. The number of fused-ring (bicyclic) bond motifs is 1. The van der Waals surface area contributed by atoms with E-state index in [4.69, 9.17) is 4.74 Å². The van der Waals surface area contributed by atoms with Crippen LogP contribution in [0.25, 0.3) is 10.8 Å². The van der Waals surface area contributed by atoms with Crippen molar-refractivity contribution in [3.63, 3.8) is 0 Å². The molecule has 6 heteroatoms. The van der Waals surface area contributed by atoms with Crippen LogP contribution in [0.3, 0.4) is 0 Å². The second-order valence-electron chi connectivity index (χ2n) is 7.83. The van der Waals surface area contributed by atoms with Crippen LogP contribution in [0.5, 0.6) is 0 Å². The molecule has 2 N–H and O–H groups in total. The van der Waals surface area contributed by atoms with E-state index in [1.54, 1.807) is 12.3 Å². The molecule has 138 valence electrons. The number of urea groups is 1. The Morgan fingerprint density at radius 1 is 1.31 bits per heavy atom. The maximum Gasteiger partial charge on any atom is 0.322 e. The Kier molecular flexibility index (Phi) is 4.23. The van der Waals surface area contributed by atoms with Gasteiger partial charge in [-0.15, -0.1) is 0 Å². The first-order valence-electron chi connectivity index (χ1n) is 9.27. The molecule has 1 aromatic carbocycles. The highest BCUT2D eigenvalue weighted by Gasteiger charge is 2.55. The number of anilines is 1. The smallest absolute Gasteiger partial charge is 0.322 e. The number of benzene rings is 1. The summed E-state index contributed by atoms with van der Waals surface area (Å²) in [6, 6.07) is 7.43. The maximum atomic E-state index is 12.9.